The molecule has 0 amide bonds. The van der Waals surface area contributed by atoms with Crippen molar-refractivity contribution < 1.29 is 10.0 Å². The Balaban J connectivity index is 0.000000671. The van der Waals surface area contributed by atoms with Crippen molar-refractivity contribution in [1.82, 2.24) is 0 Å². The first-order valence-corrected chi connectivity index (χ1v) is 4.60. The van der Waals surface area contributed by atoms with Crippen LogP contribution in [0.5, 0.6) is 0 Å². The van der Waals surface area contributed by atoms with E-state index >= 15 is 0 Å². The third kappa shape index (κ3) is 5.44. The Bertz CT molecular complexity index is 219. The molecule has 0 saturated heterocycles. The number of hydrogen-bond acceptors (Lipinski definition) is 2. The van der Waals surface area contributed by atoms with E-state index in [9.17, 15) is 0 Å². The van der Waals surface area contributed by atoms with Crippen molar-refractivity contribution in [3.8, 4) is 0 Å². The molecule has 13 heavy (non-hydrogen) atoms. The highest BCUT2D eigenvalue weighted by Crippen LogP contribution is 2.03. The van der Waals surface area contributed by atoms with Gasteiger partial charge in [-0.15, -0.1) is 0 Å². The molecule has 1 aromatic carbocycles. The van der Waals surface area contributed by atoms with E-state index in [0.717, 1.165) is 5.56 Å². The van der Waals surface area contributed by atoms with Crippen molar-refractivity contribution in [2.24, 2.45) is 0 Å². The number of rotatable bonds is 2. The summed E-state index contributed by atoms with van der Waals surface area (Å²) in [6.45, 7) is 6.00. The van der Waals surface area contributed by atoms with Gasteiger partial charge in [-0.05, 0) is 6.92 Å². The first-order chi connectivity index (χ1) is 6.18. The van der Waals surface area contributed by atoms with Crippen LogP contribution in [0.25, 0.3) is 0 Å². The Morgan fingerprint density at radius 2 is 1.54 bits per heavy atom. The van der Waals surface area contributed by atoms with E-state index in [-0.39, 0.29) is 0 Å². The first-order valence-electron chi connectivity index (χ1n) is 4.60. The zero-order chi connectivity index (χ0) is 10.3. The summed E-state index contributed by atoms with van der Waals surface area (Å²) in [7, 11) is -1.24. The van der Waals surface area contributed by atoms with Crippen LogP contribution >= 0.6 is 0 Å². The molecule has 0 heterocycles. The highest BCUT2D eigenvalue weighted by molar-refractivity contribution is 6.40. The van der Waals surface area contributed by atoms with Crippen LogP contribution in [0.1, 0.15) is 25.0 Å². The molecule has 0 fully saturated rings. The summed E-state index contributed by atoms with van der Waals surface area (Å²) >= 11 is 0. The second-order valence-corrected chi connectivity index (χ2v) is 2.67. The lowest BCUT2D eigenvalue weighted by molar-refractivity contribution is 0.405. The minimum absolute atomic E-state index is 0.306. The first kappa shape index (κ1) is 12.2. The summed E-state index contributed by atoms with van der Waals surface area (Å²) in [5.41, 5.74) is 2.13. The van der Waals surface area contributed by atoms with Crippen LogP contribution in [-0.4, -0.2) is 17.2 Å². The van der Waals surface area contributed by atoms with Crippen LogP contribution in [0.2, 0.25) is 0 Å². The monoisotopic (exact) mass is 180 g/mol. The van der Waals surface area contributed by atoms with Gasteiger partial charge in [0.2, 0.25) is 0 Å². The Labute approximate surface area is 80.4 Å². The summed E-state index contributed by atoms with van der Waals surface area (Å²) in [6.07, 6.45) is 0.306. The molecule has 0 radical (unpaired) electrons. The van der Waals surface area contributed by atoms with E-state index in [4.69, 9.17) is 10.0 Å². The maximum Gasteiger partial charge on any atom is 0.456 e. The fourth-order valence-electron chi connectivity index (χ4n) is 0.935. The molecule has 0 aromatic heterocycles. The Morgan fingerprint density at radius 3 is 1.92 bits per heavy atom. The average molecular weight is 180 g/mol. The lowest BCUT2D eigenvalue weighted by Crippen LogP contribution is -2.14. The van der Waals surface area contributed by atoms with Gasteiger partial charge in [0.1, 0.15) is 0 Å². The standard InChI is InChI=1S/C8H11BO2.C2H6/c1-7-2-4-8(5-3-7)6-9(10)11;1-2/h2-5,10-11H,6H2,1H3;1-2H3. The molecule has 0 atom stereocenters. The molecule has 0 bridgehead atoms. The third-order valence-corrected chi connectivity index (χ3v) is 1.54. The molecule has 0 aliphatic heterocycles. The highest BCUT2D eigenvalue weighted by Gasteiger charge is 2.06. The molecule has 0 saturated carbocycles. The van der Waals surface area contributed by atoms with Crippen LogP contribution in [0.15, 0.2) is 24.3 Å². The SMILES string of the molecule is CC.Cc1ccc(CB(O)O)cc1. The van der Waals surface area contributed by atoms with Gasteiger partial charge >= 0.3 is 7.12 Å². The molecule has 1 rings (SSSR count). The zero-order valence-corrected chi connectivity index (χ0v) is 8.49. The summed E-state index contributed by atoms with van der Waals surface area (Å²) in [5.74, 6) is 0. The van der Waals surface area contributed by atoms with Crippen LogP contribution in [0.4, 0.5) is 0 Å². The minimum Gasteiger partial charge on any atom is -0.427 e. The molecule has 0 spiro atoms. The molecule has 0 unspecified atom stereocenters. The van der Waals surface area contributed by atoms with Crippen molar-refractivity contribution in [3.05, 3.63) is 35.4 Å². The van der Waals surface area contributed by atoms with E-state index in [2.05, 4.69) is 0 Å². The van der Waals surface area contributed by atoms with Crippen LogP contribution < -0.4 is 0 Å². The maximum absolute atomic E-state index is 8.63. The van der Waals surface area contributed by atoms with Gasteiger partial charge in [-0.25, -0.2) is 0 Å². The maximum atomic E-state index is 8.63. The van der Waals surface area contributed by atoms with Gasteiger partial charge in [0.25, 0.3) is 0 Å². The summed E-state index contributed by atoms with van der Waals surface area (Å²) in [4.78, 5) is 0. The van der Waals surface area contributed by atoms with E-state index < -0.39 is 7.12 Å². The van der Waals surface area contributed by atoms with Gasteiger partial charge in [0, 0.05) is 6.32 Å². The van der Waals surface area contributed by atoms with E-state index in [1.807, 2.05) is 45.0 Å². The number of hydrogen-bond donors (Lipinski definition) is 2. The predicted octanol–water partition coefficient (Wildman–Crippen LogP) is 1.58. The van der Waals surface area contributed by atoms with Crippen LogP contribution in [0.3, 0.4) is 0 Å². The van der Waals surface area contributed by atoms with Gasteiger partial charge in [-0.1, -0.05) is 49.2 Å². The largest absolute Gasteiger partial charge is 0.456 e. The van der Waals surface area contributed by atoms with Crippen LogP contribution in [-0.2, 0) is 6.32 Å². The molecule has 2 nitrogen and oxygen atoms in total. The van der Waals surface area contributed by atoms with Gasteiger partial charge < -0.3 is 10.0 Å². The molecule has 1 aromatic rings. The van der Waals surface area contributed by atoms with Crippen LogP contribution in [0, 0.1) is 6.92 Å². The van der Waals surface area contributed by atoms with E-state index in [1.54, 1.807) is 0 Å². The summed E-state index contributed by atoms with van der Waals surface area (Å²) in [6, 6.07) is 7.71. The average Bonchev–Trinajstić information content (AvgIpc) is 2.12. The molecular formula is C10H17BO2. The lowest BCUT2D eigenvalue weighted by Gasteiger charge is -1.99. The minimum atomic E-state index is -1.24. The normalized spacial score (nSPS) is 8.69. The van der Waals surface area contributed by atoms with Crippen molar-refractivity contribution in [2.75, 3.05) is 0 Å². The summed E-state index contributed by atoms with van der Waals surface area (Å²) < 4.78 is 0. The predicted molar refractivity (Wildman–Crippen MR) is 56.4 cm³/mol. The highest BCUT2D eigenvalue weighted by atomic mass is 16.4. The quantitative estimate of drug-likeness (QED) is 0.678. The number of aryl methyl sites for hydroxylation is 1. The Hall–Kier alpha value is -0.795. The Morgan fingerprint density at radius 1 is 1.08 bits per heavy atom. The van der Waals surface area contributed by atoms with Gasteiger partial charge in [-0.3, -0.25) is 0 Å². The van der Waals surface area contributed by atoms with Crippen molar-refractivity contribution in [3.63, 3.8) is 0 Å². The second-order valence-electron chi connectivity index (χ2n) is 2.67. The molecule has 3 heteroatoms. The second kappa shape index (κ2) is 6.69. The van der Waals surface area contributed by atoms with Gasteiger partial charge in [-0.2, -0.15) is 0 Å². The number of benzene rings is 1. The Kier molecular flexibility index (Phi) is 6.28. The molecule has 72 valence electrons. The van der Waals surface area contributed by atoms with Crippen molar-refractivity contribution in [1.29, 1.82) is 0 Å². The smallest absolute Gasteiger partial charge is 0.427 e. The summed E-state index contributed by atoms with van der Waals surface area (Å²) in [5, 5.41) is 17.3. The molecular weight excluding hydrogens is 163 g/mol. The third-order valence-electron chi connectivity index (χ3n) is 1.54. The fraction of sp³-hybridized carbons (Fsp3) is 0.400. The van der Waals surface area contributed by atoms with Crippen molar-refractivity contribution >= 4 is 7.12 Å². The molecule has 0 aliphatic rings. The van der Waals surface area contributed by atoms with Gasteiger partial charge in [0.15, 0.2) is 0 Å². The zero-order valence-electron chi connectivity index (χ0n) is 8.49. The fourth-order valence-corrected chi connectivity index (χ4v) is 0.935. The van der Waals surface area contributed by atoms with Crippen molar-refractivity contribution in [2.45, 2.75) is 27.1 Å². The topological polar surface area (TPSA) is 40.5 Å². The molecule has 2 N–H and O–H groups in total. The van der Waals surface area contributed by atoms with E-state index in [0.29, 0.717) is 6.32 Å². The lowest BCUT2D eigenvalue weighted by atomic mass is 9.82. The van der Waals surface area contributed by atoms with Gasteiger partial charge in [0.05, 0.1) is 0 Å². The van der Waals surface area contributed by atoms with E-state index in [1.165, 1.54) is 5.56 Å². The molecule has 0 aliphatic carbocycles.